The van der Waals surface area contributed by atoms with Gasteiger partial charge in [0.1, 0.15) is 11.6 Å². The average molecular weight is 309 g/mol. The maximum atomic E-state index is 11.3. The summed E-state index contributed by atoms with van der Waals surface area (Å²) in [7, 11) is 0. The highest BCUT2D eigenvalue weighted by Crippen LogP contribution is 2.35. The lowest BCUT2D eigenvalue weighted by molar-refractivity contribution is -0.382. The lowest BCUT2D eigenvalue weighted by atomic mass is 10.0. The van der Waals surface area contributed by atoms with E-state index in [1.165, 1.54) is 11.3 Å². The first-order valence-electron chi connectivity index (χ1n) is 6.15. The summed E-state index contributed by atoms with van der Waals surface area (Å²) in [4.78, 5) is 25.9. The second kappa shape index (κ2) is 5.26. The monoisotopic (exact) mass is 309 g/mol. The second-order valence-corrected chi connectivity index (χ2v) is 5.54. The van der Waals surface area contributed by atoms with E-state index >= 15 is 0 Å². The molecule has 2 aromatic rings. The van der Waals surface area contributed by atoms with Gasteiger partial charge in [0, 0.05) is 0 Å². The Kier molecular flexibility index (Phi) is 3.43. The van der Waals surface area contributed by atoms with E-state index in [9.17, 15) is 14.9 Å². The van der Waals surface area contributed by atoms with Gasteiger partial charge in [-0.3, -0.25) is 14.9 Å². The highest BCUT2D eigenvalue weighted by Gasteiger charge is 2.35. The van der Waals surface area contributed by atoms with Crippen molar-refractivity contribution >= 4 is 38.9 Å². The number of aromatic nitrogens is 1. The zero-order valence-corrected chi connectivity index (χ0v) is 11.5. The number of carboxylic acid groups (broad SMARTS) is 1. The molecule has 0 amide bonds. The van der Waals surface area contributed by atoms with Crippen LogP contribution in [0.1, 0.15) is 0 Å². The Morgan fingerprint density at radius 3 is 3.05 bits per heavy atom. The van der Waals surface area contributed by atoms with Gasteiger partial charge in [0.2, 0.25) is 0 Å². The number of rotatable bonds is 4. The molecule has 9 heteroatoms. The highest BCUT2D eigenvalue weighted by molar-refractivity contribution is 7.16. The van der Waals surface area contributed by atoms with Crippen LogP contribution in [0.3, 0.4) is 0 Å². The Hall–Kier alpha value is -2.26. The molecule has 1 aliphatic heterocycles. The maximum Gasteiger partial charge on any atom is 0.319 e. The minimum atomic E-state index is -0.984. The molecule has 0 aliphatic carbocycles. The number of nitro groups is 1. The first-order chi connectivity index (χ1) is 10.1. The summed E-state index contributed by atoms with van der Waals surface area (Å²) in [6.07, 6.45) is 0. The lowest BCUT2D eigenvalue weighted by Gasteiger charge is -2.16. The van der Waals surface area contributed by atoms with E-state index in [0.717, 1.165) is 0 Å². The number of carboxylic acids is 1. The van der Waals surface area contributed by atoms with Crippen LogP contribution in [0.4, 0.5) is 11.4 Å². The van der Waals surface area contributed by atoms with Crippen molar-refractivity contribution in [3.8, 4) is 0 Å². The van der Waals surface area contributed by atoms with Crippen molar-refractivity contribution in [2.45, 2.75) is 6.04 Å². The number of hydrogen-bond acceptors (Lipinski definition) is 7. The van der Waals surface area contributed by atoms with Crippen molar-refractivity contribution in [2.24, 2.45) is 5.92 Å². The normalized spacial score (nSPS) is 21.5. The topological polar surface area (TPSA) is 115 Å². The first-order valence-corrected chi connectivity index (χ1v) is 7.03. The fraction of sp³-hybridized carbons (Fsp3) is 0.333. The van der Waals surface area contributed by atoms with E-state index in [2.05, 4.69) is 10.3 Å². The Labute approximate surface area is 122 Å². The molecule has 0 bridgehead atoms. The first kappa shape index (κ1) is 13.7. The van der Waals surface area contributed by atoms with Crippen LogP contribution >= 0.6 is 11.3 Å². The zero-order valence-electron chi connectivity index (χ0n) is 10.7. The Morgan fingerprint density at radius 2 is 2.33 bits per heavy atom. The molecule has 21 heavy (non-hydrogen) atoms. The molecule has 1 aromatic carbocycles. The SMILES string of the molecule is O=C(O)C1COCC1Nc1ccc2scnc2c1[N+](=O)[O-]. The Bertz CT molecular complexity index is 716. The number of nitrogens with one attached hydrogen (secondary N) is 1. The van der Waals surface area contributed by atoms with E-state index in [1.54, 1.807) is 17.6 Å². The van der Waals surface area contributed by atoms with Gasteiger partial charge in [-0.05, 0) is 12.1 Å². The van der Waals surface area contributed by atoms with E-state index < -0.39 is 22.9 Å². The smallest absolute Gasteiger partial charge is 0.319 e. The molecule has 1 saturated heterocycles. The number of benzene rings is 1. The van der Waals surface area contributed by atoms with Gasteiger partial charge in [0.15, 0.2) is 5.52 Å². The number of hydrogen-bond donors (Lipinski definition) is 2. The third-order valence-electron chi connectivity index (χ3n) is 3.40. The minimum absolute atomic E-state index is 0.0970. The van der Waals surface area contributed by atoms with Crippen molar-refractivity contribution in [2.75, 3.05) is 18.5 Å². The second-order valence-electron chi connectivity index (χ2n) is 4.65. The van der Waals surface area contributed by atoms with E-state index in [-0.39, 0.29) is 24.6 Å². The zero-order chi connectivity index (χ0) is 15.0. The number of nitrogens with zero attached hydrogens (tertiary/aromatic N) is 2. The van der Waals surface area contributed by atoms with Gasteiger partial charge in [0.05, 0.1) is 34.4 Å². The molecular weight excluding hydrogens is 298 g/mol. The molecule has 0 spiro atoms. The molecule has 0 saturated carbocycles. The van der Waals surface area contributed by atoms with Crippen molar-refractivity contribution < 1.29 is 19.6 Å². The van der Waals surface area contributed by atoms with Gasteiger partial charge < -0.3 is 15.2 Å². The fourth-order valence-corrected chi connectivity index (χ4v) is 3.04. The molecule has 2 atom stereocenters. The summed E-state index contributed by atoms with van der Waals surface area (Å²) in [6, 6.07) is 2.81. The number of anilines is 1. The van der Waals surface area contributed by atoms with Crippen LogP contribution < -0.4 is 5.32 Å². The van der Waals surface area contributed by atoms with Gasteiger partial charge in [-0.25, -0.2) is 4.98 Å². The van der Waals surface area contributed by atoms with Crippen molar-refractivity contribution in [1.82, 2.24) is 4.98 Å². The van der Waals surface area contributed by atoms with Crippen LogP contribution in [0.2, 0.25) is 0 Å². The number of thiazole rings is 1. The fourth-order valence-electron chi connectivity index (χ4n) is 2.36. The van der Waals surface area contributed by atoms with Crippen molar-refractivity contribution in [3.63, 3.8) is 0 Å². The maximum absolute atomic E-state index is 11.3. The van der Waals surface area contributed by atoms with Gasteiger partial charge in [-0.1, -0.05) is 0 Å². The number of carbonyl (C=O) groups is 1. The molecule has 2 unspecified atom stereocenters. The Balaban J connectivity index is 1.98. The van der Waals surface area contributed by atoms with E-state index in [1.807, 2.05) is 0 Å². The van der Waals surface area contributed by atoms with Gasteiger partial charge in [0.25, 0.3) is 0 Å². The van der Waals surface area contributed by atoms with E-state index in [0.29, 0.717) is 10.2 Å². The molecule has 1 aliphatic rings. The number of aliphatic carboxylic acids is 1. The Morgan fingerprint density at radius 1 is 1.52 bits per heavy atom. The predicted octanol–water partition coefficient (Wildman–Crippen LogP) is 1.72. The minimum Gasteiger partial charge on any atom is -0.481 e. The molecule has 8 nitrogen and oxygen atoms in total. The summed E-state index contributed by atoms with van der Waals surface area (Å²) >= 11 is 1.31. The quantitative estimate of drug-likeness (QED) is 0.652. The third kappa shape index (κ3) is 2.41. The number of ether oxygens (including phenoxy) is 1. The van der Waals surface area contributed by atoms with Gasteiger partial charge >= 0.3 is 11.7 Å². The van der Waals surface area contributed by atoms with Crippen molar-refractivity contribution in [1.29, 1.82) is 0 Å². The van der Waals surface area contributed by atoms with Crippen LogP contribution in [-0.4, -0.2) is 40.2 Å². The molecule has 3 rings (SSSR count). The van der Waals surface area contributed by atoms with Crippen molar-refractivity contribution in [3.05, 3.63) is 27.8 Å². The van der Waals surface area contributed by atoms with Gasteiger partial charge in [-0.15, -0.1) is 11.3 Å². The summed E-state index contributed by atoms with van der Waals surface area (Å²) in [5, 5.41) is 23.3. The van der Waals surface area contributed by atoms with Crippen LogP contribution in [0.5, 0.6) is 0 Å². The van der Waals surface area contributed by atoms with Gasteiger partial charge in [-0.2, -0.15) is 0 Å². The number of nitro benzene ring substituents is 1. The number of fused-ring (bicyclic) bond motifs is 1. The average Bonchev–Trinajstić information content (AvgIpc) is 3.05. The molecule has 2 N–H and O–H groups in total. The molecule has 110 valence electrons. The van der Waals surface area contributed by atoms with Crippen LogP contribution in [0, 0.1) is 16.0 Å². The summed E-state index contributed by atoms with van der Waals surface area (Å²) in [6.45, 7) is 0.295. The largest absolute Gasteiger partial charge is 0.481 e. The predicted molar refractivity (Wildman–Crippen MR) is 75.6 cm³/mol. The molecular formula is C12H11N3O5S. The summed E-state index contributed by atoms with van der Waals surface area (Å²) in [5.74, 6) is -1.71. The highest BCUT2D eigenvalue weighted by atomic mass is 32.1. The molecule has 0 radical (unpaired) electrons. The molecule has 1 aromatic heterocycles. The van der Waals surface area contributed by atoms with Crippen LogP contribution in [0.15, 0.2) is 17.6 Å². The van der Waals surface area contributed by atoms with Crippen LogP contribution in [0.25, 0.3) is 10.2 Å². The molecule has 1 fully saturated rings. The summed E-state index contributed by atoms with van der Waals surface area (Å²) in [5.41, 5.74) is 1.98. The lowest BCUT2D eigenvalue weighted by Crippen LogP contribution is -2.33. The summed E-state index contributed by atoms with van der Waals surface area (Å²) < 4.78 is 5.86. The van der Waals surface area contributed by atoms with Crippen LogP contribution in [-0.2, 0) is 9.53 Å². The molecule has 2 heterocycles. The standard InChI is InChI=1S/C12H11N3O5S/c16-12(17)6-3-20-4-8(6)14-7-1-2-9-10(13-5-21-9)11(7)15(18)19/h1-2,5-6,8,14H,3-4H2,(H,16,17). The third-order valence-corrected chi connectivity index (χ3v) is 4.19. The van der Waals surface area contributed by atoms with E-state index in [4.69, 9.17) is 9.84 Å².